The fourth-order valence-corrected chi connectivity index (χ4v) is 6.62. The van der Waals surface area contributed by atoms with Crippen molar-refractivity contribution in [1.29, 1.82) is 0 Å². The van der Waals surface area contributed by atoms with E-state index in [1.165, 1.54) is 25.2 Å². The highest BCUT2D eigenvalue weighted by molar-refractivity contribution is 6.34. The molecule has 0 saturated carbocycles. The fourth-order valence-electron chi connectivity index (χ4n) is 6.36. The first-order valence-electron chi connectivity index (χ1n) is 15.1. The van der Waals surface area contributed by atoms with E-state index in [4.69, 9.17) is 21.5 Å². The monoisotopic (exact) mass is 714 g/mol. The molecule has 3 N–H and O–H groups in total. The van der Waals surface area contributed by atoms with Gasteiger partial charge in [0.1, 0.15) is 6.54 Å². The number of hydrogen-bond acceptors (Lipinski definition) is 7. The number of carbonyl (C=O) groups is 4. The van der Waals surface area contributed by atoms with Crippen LogP contribution in [-0.2, 0) is 29.4 Å². The predicted molar refractivity (Wildman–Crippen MR) is 164 cm³/mol. The fraction of sp³-hybridized carbons (Fsp3) is 0.467. The summed E-state index contributed by atoms with van der Waals surface area (Å²) in [5, 5.41) is 16.1. The van der Waals surface area contributed by atoms with Crippen molar-refractivity contribution in [3.63, 3.8) is 0 Å². The number of nitrogens with zero attached hydrogens (tertiary/aromatic N) is 6. The lowest BCUT2D eigenvalue weighted by Crippen LogP contribution is -2.78. The number of hydrogen-bond donors (Lipinski definition) is 3. The van der Waals surface area contributed by atoms with Gasteiger partial charge >= 0.3 is 6.18 Å². The van der Waals surface area contributed by atoms with Crippen molar-refractivity contribution >= 4 is 41.5 Å². The number of benzene rings is 1. The van der Waals surface area contributed by atoms with Crippen molar-refractivity contribution in [3.8, 4) is 11.3 Å². The second-order valence-corrected chi connectivity index (χ2v) is 12.3. The van der Waals surface area contributed by atoms with Gasteiger partial charge in [-0.2, -0.15) is 18.3 Å². The van der Waals surface area contributed by atoms with Crippen molar-refractivity contribution in [2.75, 3.05) is 38.0 Å². The standard InChI is InChI=1S/C29H30ClF5N8O3.CH2O2/c1-40-21(19-12-42(13-22(31)32)39-23(19)29(33,34)35)11-37-24(40)25(44)38-17-2-3-18(20(30)10-17)27(46)43-9-6-28(43)14-41(15-28)26(45)16-4-7-36-8-5-16;2-1-3/h2-3,10-12,16,22,36H,4-9,13-15H2,1H3,(H,38,44);1H,(H,2,3). The molecule has 6 rings (SSSR count). The van der Waals surface area contributed by atoms with Crippen LogP contribution in [0.3, 0.4) is 0 Å². The molecule has 19 heteroatoms. The van der Waals surface area contributed by atoms with Crippen LogP contribution in [0.25, 0.3) is 11.3 Å². The zero-order chi connectivity index (χ0) is 35.7. The van der Waals surface area contributed by atoms with Gasteiger partial charge in [-0.05, 0) is 50.6 Å². The summed E-state index contributed by atoms with van der Waals surface area (Å²) < 4.78 is 68.1. The normalized spacial score (nSPS) is 17.2. The van der Waals surface area contributed by atoms with Gasteiger partial charge in [0, 0.05) is 44.5 Å². The third kappa shape index (κ3) is 7.24. The minimum Gasteiger partial charge on any atom is -0.483 e. The summed E-state index contributed by atoms with van der Waals surface area (Å²) in [6, 6.07) is 4.32. The van der Waals surface area contributed by atoms with Gasteiger partial charge in [0.05, 0.1) is 33.6 Å². The Morgan fingerprint density at radius 2 is 1.88 bits per heavy atom. The van der Waals surface area contributed by atoms with Crippen molar-refractivity contribution in [2.45, 2.75) is 43.9 Å². The third-order valence-electron chi connectivity index (χ3n) is 8.87. The maximum absolute atomic E-state index is 13.6. The SMILES string of the molecule is Cn1c(-c2cn(CC(F)F)nc2C(F)(F)F)cnc1C(=O)Nc1ccc(C(=O)N2CCC23CN(C(=O)C2CCNCC2)C3)c(Cl)c1.O=CO. The van der Waals surface area contributed by atoms with Gasteiger partial charge in [-0.3, -0.25) is 23.9 Å². The quantitative estimate of drug-likeness (QED) is 0.248. The first-order valence-corrected chi connectivity index (χ1v) is 15.5. The molecule has 264 valence electrons. The predicted octanol–water partition coefficient (Wildman–Crippen LogP) is 3.60. The number of carboxylic acid groups (broad SMARTS) is 1. The highest BCUT2D eigenvalue weighted by atomic mass is 35.5. The van der Waals surface area contributed by atoms with Crippen molar-refractivity contribution < 1.29 is 46.2 Å². The molecule has 49 heavy (non-hydrogen) atoms. The van der Waals surface area contributed by atoms with E-state index >= 15 is 0 Å². The van der Waals surface area contributed by atoms with Crippen LogP contribution in [0, 0.1) is 5.92 Å². The molecule has 0 atom stereocenters. The molecular weight excluding hydrogens is 683 g/mol. The highest BCUT2D eigenvalue weighted by Crippen LogP contribution is 2.42. The number of carbonyl (C=O) groups excluding carboxylic acids is 3. The van der Waals surface area contributed by atoms with E-state index in [0.29, 0.717) is 24.3 Å². The summed E-state index contributed by atoms with van der Waals surface area (Å²) in [5.41, 5.74) is -2.04. The number of rotatable bonds is 7. The number of halogens is 6. The van der Waals surface area contributed by atoms with E-state index in [-0.39, 0.29) is 52.0 Å². The van der Waals surface area contributed by atoms with Crippen LogP contribution < -0.4 is 10.6 Å². The van der Waals surface area contributed by atoms with E-state index in [1.54, 1.807) is 4.90 Å². The molecular formula is C30H32ClF5N8O5. The van der Waals surface area contributed by atoms with Crippen molar-refractivity contribution in [1.82, 2.24) is 34.4 Å². The molecule has 13 nitrogen and oxygen atoms in total. The second kappa shape index (κ2) is 14.1. The molecule has 3 fully saturated rings. The Kier molecular flexibility index (Phi) is 10.3. The number of likely N-dealkylation sites (tertiary alicyclic amines) is 2. The molecule has 1 aromatic carbocycles. The van der Waals surface area contributed by atoms with E-state index < -0.39 is 41.8 Å². The molecule has 2 aromatic heterocycles. The molecule has 0 aliphatic carbocycles. The van der Waals surface area contributed by atoms with Gasteiger partial charge in [-0.1, -0.05) is 11.6 Å². The topological polar surface area (TPSA) is 155 Å². The maximum atomic E-state index is 13.6. The summed E-state index contributed by atoms with van der Waals surface area (Å²) in [7, 11) is 1.31. The van der Waals surface area contributed by atoms with E-state index in [9.17, 15) is 36.3 Å². The van der Waals surface area contributed by atoms with Gasteiger partial charge < -0.3 is 30.1 Å². The zero-order valence-corrected chi connectivity index (χ0v) is 26.8. The van der Waals surface area contributed by atoms with Crippen LogP contribution >= 0.6 is 11.6 Å². The number of imidazole rings is 1. The Hall–Kier alpha value is -4.58. The van der Waals surface area contributed by atoms with Gasteiger partial charge in [0.2, 0.25) is 5.91 Å². The van der Waals surface area contributed by atoms with Crippen molar-refractivity contribution in [3.05, 3.63) is 52.7 Å². The lowest BCUT2D eigenvalue weighted by atomic mass is 9.76. The van der Waals surface area contributed by atoms with Crippen LogP contribution in [0.5, 0.6) is 0 Å². The highest BCUT2D eigenvalue weighted by Gasteiger charge is 2.57. The van der Waals surface area contributed by atoms with Crippen molar-refractivity contribution in [2.24, 2.45) is 13.0 Å². The average Bonchev–Trinajstić information content (AvgIpc) is 3.59. The minimum absolute atomic E-state index is 0.00619. The number of piperidine rings is 1. The molecule has 0 unspecified atom stereocenters. The van der Waals surface area contributed by atoms with Crippen LogP contribution in [0.4, 0.5) is 27.6 Å². The van der Waals surface area contributed by atoms with Crippen LogP contribution in [0.15, 0.2) is 30.6 Å². The Morgan fingerprint density at radius 1 is 1.20 bits per heavy atom. The Balaban J connectivity index is 0.00000151. The maximum Gasteiger partial charge on any atom is 0.435 e. The number of amides is 3. The molecule has 3 saturated heterocycles. The van der Waals surface area contributed by atoms with Crippen LogP contribution in [-0.4, -0.2) is 103 Å². The number of aromatic nitrogens is 4. The smallest absolute Gasteiger partial charge is 0.435 e. The van der Waals surface area contributed by atoms with Crippen LogP contribution in [0.2, 0.25) is 5.02 Å². The first kappa shape index (κ1) is 35.7. The summed E-state index contributed by atoms with van der Waals surface area (Å²) in [6.45, 7) is 1.84. The molecule has 3 aliphatic heterocycles. The van der Waals surface area contributed by atoms with E-state index in [1.807, 2.05) is 4.90 Å². The lowest BCUT2D eigenvalue weighted by molar-refractivity contribution is -0.159. The minimum atomic E-state index is -4.94. The first-order chi connectivity index (χ1) is 23.2. The Morgan fingerprint density at radius 3 is 2.45 bits per heavy atom. The summed E-state index contributed by atoms with van der Waals surface area (Å²) in [5.74, 6) is -1.20. The molecule has 5 heterocycles. The summed E-state index contributed by atoms with van der Waals surface area (Å²) in [6.07, 6.45) is -3.62. The van der Waals surface area contributed by atoms with E-state index in [0.717, 1.165) is 49.3 Å². The molecule has 1 spiro atoms. The number of alkyl halides is 5. The molecule has 3 amide bonds. The van der Waals surface area contributed by atoms with Gasteiger partial charge in [0.15, 0.2) is 11.5 Å². The van der Waals surface area contributed by atoms with E-state index in [2.05, 4.69) is 20.7 Å². The molecule has 3 aliphatic rings. The number of nitrogens with one attached hydrogen (secondary N) is 2. The molecule has 3 aromatic rings. The summed E-state index contributed by atoms with van der Waals surface area (Å²) in [4.78, 5) is 55.2. The van der Waals surface area contributed by atoms with Gasteiger partial charge in [0.25, 0.3) is 24.7 Å². The molecule has 0 bridgehead atoms. The number of anilines is 1. The molecule has 0 radical (unpaired) electrons. The average molecular weight is 715 g/mol. The van der Waals surface area contributed by atoms with Crippen LogP contribution in [0.1, 0.15) is 45.9 Å². The summed E-state index contributed by atoms with van der Waals surface area (Å²) >= 11 is 6.47. The Bertz CT molecular complexity index is 1730. The van der Waals surface area contributed by atoms with Gasteiger partial charge in [-0.15, -0.1) is 0 Å². The zero-order valence-electron chi connectivity index (χ0n) is 26.0. The Labute approximate surface area is 281 Å². The lowest BCUT2D eigenvalue weighted by Gasteiger charge is -2.62. The largest absolute Gasteiger partial charge is 0.483 e. The third-order valence-corrected chi connectivity index (χ3v) is 9.18. The second-order valence-electron chi connectivity index (χ2n) is 11.9. The van der Waals surface area contributed by atoms with Gasteiger partial charge in [-0.25, -0.2) is 13.8 Å².